The molecule has 2 rings (SSSR count). The number of carboxylic acid groups (broad SMARTS) is 1. The summed E-state index contributed by atoms with van der Waals surface area (Å²) in [4.78, 5) is 11.0. The predicted octanol–water partition coefficient (Wildman–Crippen LogP) is 4.24. The third-order valence-corrected chi connectivity index (χ3v) is 3.59. The van der Waals surface area contributed by atoms with Gasteiger partial charge in [-0.3, -0.25) is 0 Å². The molecule has 2 aromatic carbocycles. The van der Waals surface area contributed by atoms with Gasteiger partial charge in [-0.15, -0.1) is 0 Å². The minimum atomic E-state index is -1.21. The van der Waals surface area contributed by atoms with Crippen LogP contribution in [-0.4, -0.2) is 22.5 Å². The molecule has 0 saturated heterocycles. The number of aryl methyl sites for hydroxylation is 1. The summed E-state index contributed by atoms with van der Waals surface area (Å²) in [6, 6.07) is 12.1. The lowest BCUT2D eigenvalue weighted by molar-refractivity contribution is 0.0192. The van der Waals surface area contributed by atoms with Gasteiger partial charge in [0, 0.05) is 6.92 Å². The number of aromatic carboxylic acids is 1. The molecule has 0 radical (unpaired) electrons. The first kappa shape index (κ1) is 17.7. The Hall–Kier alpha value is -2.69. The molecule has 128 valence electrons. The van der Waals surface area contributed by atoms with E-state index < -0.39 is 18.0 Å². The maximum atomic E-state index is 11.0. The second-order valence-electron chi connectivity index (χ2n) is 5.47. The average molecular weight is 330 g/mol. The van der Waals surface area contributed by atoms with E-state index >= 15 is 0 Å². The summed E-state index contributed by atoms with van der Waals surface area (Å²) in [5.74, 6) is -0.808. The molecule has 5 nitrogen and oxygen atoms in total. The van der Waals surface area contributed by atoms with Crippen LogP contribution < -0.4 is 9.47 Å². The van der Waals surface area contributed by atoms with E-state index in [1.54, 1.807) is 6.92 Å². The van der Waals surface area contributed by atoms with Crippen LogP contribution in [0.4, 0.5) is 0 Å². The molecule has 1 unspecified atom stereocenters. The fourth-order valence-electron chi connectivity index (χ4n) is 2.36. The Kier molecular flexibility index (Phi) is 6.07. The fraction of sp³-hybridized carbons (Fsp3) is 0.316. The summed E-state index contributed by atoms with van der Waals surface area (Å²) in [5.41, 5.74) is 0.890. The van der Waals surface area contributed by atoms with Gasteiger partial charge in [-0.05, 0) is 36.6 Å². The summed E-state index contributed by atoms with van der Waals surface area (Å²) in [5, 5.41) is 19.0. The molecule has 0 saturated carbocycles. The maximum absolute atomic E-state index is 11.0. The number of carboxylic acids is 1. The largest absolute Gasteiger partial charge is 0.504 e. The summed E-state index contributed by atoms with van der Waals surface area (Å²) in [6.07, 6.45) is 2.40. The number of aromatic hydroxyl groups is 1. The van der Waals surface area contributed by atoms with E-state index in [1.165, 1.54) is 18.2 Å². The van der Waals surface area contributed by atoms with Gasteiger partial charge in [0.15, 0.2) is 11.5 Å². The minimum Gasteiger partial charge on any atom is -0.504 e. The van der Waals surface area contributed by atoms with Crippen molar-refractivity contribution < 1.29 is 24.5 Å². The zero-order chi connectivity index (χ0) is 17.5. The van der Waals surface area contributed by atoms with Crippen LogP contribution in [0.3, 0.4) is 0 Å². The van der Waals surface area contributed by atoms with Crippen molar-refractivity contribution in [1.29, 1.82) is 0 Å². The molecule has 5 heteroatoms. The molecule has 0 fully saturated rings. The van der Waals surface area contributed by atoms with E-state index in [-0.39, 0.29) is 11.3 Å². The van der Waals surface area contributed by atoms with Crippen LogP contribution in [0, 0.1) is 0 Å². The van der Waals surface area contributed by atoms with Gasteiger partial charge in [-0.2, -0.15) is 0 Å². The third kappa shape index (κ3) is 4.41. The molecule has 0 amide bonds. The topological polar surface area (TPSA) is 76.0 Å². The number of hydrogen-bond acceptors (Lipinski definition) is 4. The Morgan fingerprint density at radius 3 is 2.46 bits per heavy atom. The number of phenols is 1. The summed E-state index contributed by atoms with van der Waals surface area (Å²) < 4.78 is 11.4. The highest BCUT2D eigenvalue weighted by Gasteiger charge is 2.17. The van der Waals surface area contributed by atoms with Gasteiger partial charge < -0.3 is 19.7 Å². The van der Waals surface area contributed by atoms with Crippen molar-refractivity contribution in [3.8, 4) is 17.2 Å². The van der Waals surface area contributed by atoms with E-state index in [1.807, 2.05) is 24.3 Å². The lowest BCUT2D eigenvalue weighted by Crippen LogP contribution is -2.20. The van der Waals surface area contributed by atoms with Gasteiger partial charge in [0.25, 0.3) is 0 Å². The number of ether oxygens (including phenoxy) is 2. The van der Waals surface area contributed by atoms with Gasteiger partial charge >= 0.3 is 5.97 Å². The molecule has 1 atom stereocenters. The Balaban J connectivity index is 2.10. The highest BCUT2D eigenvalue weighted by molar-refractivity contribution is 5.91. The van der Waals surface area contributed by atoms with Gasteiger partial charge in [-0.1, -0.05) is 37.6 Å². The van der Waals surface area contributed by atoms with Crippen molar-refractivity contribution in [1.82, 2.24) is 0 Å². The molecule has 0 aliphatic carbocycles. The van der Waals surface area contributed by atoms with Gasteiger partial charge in [0.1, 0.15) is 11.3 Å². The second kappa shape index (κ2) is 8.24. The highest BCUT2D eigenvalue weighted by atomic mass is 16.7. The van der Waals surface area contributed by atoms with E-state index in [0.717, 1.165) is 30.6 Å². The Morgan fingerprint density at radius 2 is 1.75 bits per heavy atom. The molecule has 0 aliphatic rings. The first-order valence-electron chi connectivity index (χ1n) is 7.99. The molecule has 2 N–H and O–H groups in total. The second-order valence-corrected chi connectivity index (χ2v) is 5.47. The van der Waals surface area contributed by atoms with Crippen LogP contribution in [0.25, 0.3) is 0 Å². The van der Waals surface area contributed by atoms with Crippen molar-refractivity contribution in [2.24, 2.45) is 0 Å². The molecule has 0 spiro atoms. The lowest BCUT2D eigenvalue weighted by atomic mass is 10.1. The number of carbonyl (C=O) groups is 1. The van der Waals surface area contributed by atoms with Crippen LogP contribution >= 0.6 is 0 Å². The number of rotatable bonds is 8. The van der Waals surface area contributed by atoms with Gasteiger partial charge in [0.2, 0.25) is 6.29 Å². The zero-order valence-corrected chi connectivity index (χ0v) is 13.9. The SMILES string of the molecule is CCCCc1ccccc1OC(C)Oc1cccc(C(=O)O)c1O. The first-order valence-corrected chi connectivity index (χ1v) is 7.99. The predicted molar refractivity (Wildman–Crippen MR) is 90.8 cm³/mol. The number of hydrogen-bond donors (Lipinski definition) is 2. The highest BCUT2D eigenvalue weighted by Crippen LogP contribution is 2.31. The monoisotopic (exact) mass is 330 g/mol. The van der Waals surface area contributed by atoms with Gasteiger partial charge in [-0.25, -0.2) is 4.79 Å². The summed E-state index contributed by atoms with van der Waals surface area (Å²) in [7, 11) is 0. The third-order valence-electron chi connectivity index (χ3n) is 3.59. The Labute approximate surface area is 141 Å². The lowest BCUT2D eigenvalue weighted by Gasteiger charge is -2.19. The van der Waals surface area contributed by atoms with Gasteiger partial charge in [0.05, 0.1) is 0 Å². The molecule has 24 heavy (non-hydrogen) atoms. The van der Waals surface area contributed by atoms with Crippen molar-refractivity contribution in [2.75, 3.05) is 0 Å². The molecular formula is C19H22O5. The van der Waals surface area contributed by atoms with E-state index in [2.05, 4.69) is 6.92 Å². The van der Waals surface area contributed by atoms with Crippen LogP contribution in [-0.2, 0) is 6.42 Å². The van der Waals surface area contributed by atoms with E-state index in [4.69, 9.17) is 14.6 Å². The molecular weight excluding hydrogens is 308 g/mol. The van der Waals surface area contributed by atoms with Crippen LogP contribution in [0.2, 0.25) is 0 Å². The molecule has 0 bridgehead atoms. The number of benzene rings is 2. The van der Waals surface area contributed by atoms with Crippen LogP contribution in [0.15, 0.2) is 42.5 Å². The Bertz CT molecular complexity index is 696. The van der Waals surface area contributed by atoms with Crippen molar-refractivity contribution in [2.45, 2.75) is 39.4 Å². The van der Waals surface area contributed by atoms with E-state index in [0.29, 0.717) is 0 Å². The molecule has 0 aliphatic heterocycles. The molecule has 2 aromatic rings. The number of para-hydroxylation sites is 2. The van der Waals surface area contributed by atoms with Crippen molar-refractivity contribution in [3.05, 3.63) is 53.6 Å². The molecule has 0 heterocycles. The first-order chi connectivity index (χ1) is 11.5. The smallest absolute Gasteiger partial charge is 0.339 e. The maximum Gasteiger partial charge on any atom is 0.339 e. The standard InChI is InChI=1S/C19H22O5/c1-3-4-8-14-9-5-6-11-16(14)23-13(2)24-17-12-7-10-15(18(17)20)19(21)22/h5-7,9-13,20H,3-4,8H2,1-2H3,(H,21,22). The van der Waals surface area contributed by atoms with Crippen molar-refractivity contribution in [3.63, 3.8) is 0 Å². The fourth-order valence-corrected chi connectivity index (χ4v) is 2.36. The zero-order valence-electron chi connectivity index (χ0n) is 13.9. The normalized spacial score (nSPS) is 11.8. The minimum absolute atomic E-state index is 0.0773. The quantitative estimate of drug-likeness (QED) is 0.708. The van der Waals surface area contributed by atoms with Crippen LogP contribution in [0.1, 0.15) is 42.6 Å². The average Bonchev–Trinajstić information content (AvgIpc) is 2.55. The molecule has 0 aromatic heterocycles. The van der Waals surface area contributed by atoms with Crippen LogP contribution in [0.5, 0.6) is 17.2 Å². The Morgan fingerprint density at radius 1 is 1.08 bits per heavy atom. The number of unbranched alkanes of at least 4 members (excludes halogenated alkanes) is 1. The van der Waals surface area contributed by atoms with Crippen molar-refractivity contribution >= 4 is 5.97 Å². The summed E-state index contributed by atoms with van der Waals surface area (Å²) >= 11 is 0. The van der Waals surface area contributed by atoms with E-state index in [9.17, 15) is 9.90 Å². The summed E-state index contributed by atoms with van der Waals surface area (Å²) in [6.45, 7) is 3.83.